The number of H-pyrrole nitrogens is 1. The number of aliphatic hydroxyl groups is 1. The number of nitrogens with one attached hydrogen (secondary N) is 1. The van der Waals surface area contributed by atoms with Crippen molar-refractivity contribution in [1.82, 2.24) is 19.8 Å². The summed E-state index contributed by atoms with van der Waals surface area (Å²) in [7, 11) is 0. The molecule has 2 aromatic rings. The predicted octanol–water partition coefficient (Wildman–Crippen LogP) is 2.10. The Morgan fingerprint density at radius 1 is 1.21 bits per heavy atom. The van der Waals surface area contributed by atoms with E-state index < -0.39 is 0 Å². The Labute approximate surface area is 166 Å². The van der Waals surface area contributed by atoms with Gasteiger partial charge in [0.15, 0.2) is 6.61 Å². The number of carbonyl (C=O) groups is 1. The molecule has 0 spiro atoms. The molecule has 3 rings (SSSR count). The molecular weight excluding hydrogens is 356 g/mol. The molecule has 1 fully saturated rings. The summed E-state index contributed by atoms with van der Waals surface area (Å²) in [5.74, 6) is 1.65. The summed E-state index contributed by atoms with van der Waals surface area (Å²) in [4.78, 5) is 23.7. The zero-order valence-electron chi connectivity index (χ0n) is 16.6. The van der Waals surface area contributed by atoms with Crippen LogP contribution in [0.25, 0.3) is 0 Å². The monoisotopic (exact) mass is 386 g/mol. The van der Waals surface area contributed by atoms with E-state index in [0.717, 1.165) is 43.0 Å². The average molecular weight is 386 g/mol. The number of aromatic amines is 1. The Kier molecular flexibility index (Phi) is 7.45. The smallest absolute Gasteiger partial charge is 0.260 e. The minimum atomic E-state index is 0.0627. The standard InChI is InChI=1S/C21H30N4O3/c1-17-22-13-19(23-17)15-24(11-12-26)14-18-5-7-20(8-6-18)28-16-21(27)25-9-3-2-4-10-25/h5-8,13,26H,2-4,9-12,14-16H2,1H3,(H,22,23). The van der Waals surface area contributed by atoms with Crippen molar-refractivity contribution in [3.63, 3.8) is 0 Å². The number of aromatic nitrogens is 2. The molecule has 0 aliphatic carbocycles. The Hall–Kier alpha value is -2.38. The lowest BCUT2D eigenvalue weighted by Crippen LogP contribution is -2.38. The molecule has 28 heavy (non-hydrogen) atoms. The molecule has 1 aliphatic rings. The maximum Gasteiger partial charge on any atom is 0.260 e. The maximum atomic E-state index is 12.2. The molecule has 0 atom stereocenters. The van der Waals surface area contributed by atoms with Gasteiger partial charge in [-0.1, -0.05) is 12.1 Å². The molecule has 1 aromatic carbocycles. The van der Waals surface area contributed by atoms with Gasteiger partial charge in [-0.15, -0.1) is 0 Å². The number of piperidine rings is 1. The second-order valence-corrected chi connectivity index (χ2v) is 7.30. The van der Waals surface area contributed by atoms with Crippen molar-refractivity contribution in [2.45, 2.75) is 39.3 Å². The lowest BCUT2D eigenvalue weighted by atomic mass is 10.1. The van der Waals surface area contributed by atoms with Crippen LogP contribution in [-0.4, -0.2) is 63.6 Å². The van der Waals surface area contributed by atoms with Crippen molar-refractivity contribution in [2.75, 3.05) is 32.8 Å². The Morgan fingerprint density at radius 2 is 1.96 bits per heavy atom. The van der Waals surface area contributed by atoms with Gasteiger partial charge in [-0.25, -0.2) is 4.98 Å². The van der Waals surface area contributed by atoms with Crippen molar-refractivity contribution in [2.24, 2.45) is 0 Å². The molecule has 152 valence electrons. The second-order valence-electron chi connectivity index (χ2n) is 7.30. The summed E-state index contributed by atoms with van der Waals surface area (Å²) >= 11 is 0. The highest BCUT2D eigenvalue weighted by molar-refractivity contribution is 5.77. The number of likely N-dealkylation sites (tertiary alicyclic amines) is 1. The zero-order valence-corrected chi connectivity index (χ0v) is 16.6. The molecule has 7 heteroatoms. The number of amides is 1. The topological polar surface area (TPSA) is 81.7 Å². The third kappa shape index (κ3) is 6.07. The lowest BCUT2D eigenvalue weighted by molar-refractivity contribution is -0.134. The predicted molar refractivity (Wildman–Crippen MR) is 107 cm³/mol. The van der Waals surface area contributed by atoms with Gasteiger partial charge in [-0.2, -0.15) is 0 Å². The van der Waals surface area contributed by atoms with Gasteiger partial charge in [0.05, 0.1) is 6.61 Å². The van der Waals surface area contributed by atoms with Crippen LogP contribution in [0.4, 0.5) is 0 Å². The Bertz CT molecular complexity index is 738. The van der Waals surface area contributed by atoms with Gasteiger partial charge in [0.1, 0.15) is 11.6 Å². The summed E-state index contributed by atoms with van der Waals surface area (Å²) in [5, 5.41) is 9.35. The van der Waals surface area contributed by atoms with Crippen LogP contribution in [0.15, 0.2) is 30.5 Å². The summed E-state index contributed by atoms with van der Waals surface area (Å²) in [6.45, 7) is 5.81. The van der Waals surface area contributed by atoms with Crippen molar-refractivity contribution in [1.29, 1.82) is 0 Å². The highest BCUT2D eigenvalue weighted by Crippen LogP contribution is 2.16. The molecule has 0 bridgehead atoms. The maximum absolute atomic E-state index is 12.2. The molecule has 1 amide bonds. The van der Waals surface area contributed by atoms with E-state index >= 15 is 0 Å². The second kappa shape index (κ2) is 10.2. The number of hydrogen-bond donors (Lipinski definition) is 2. The van der Waals surface area contributed by atoms with Crippen LogP contribution in [0.2, 0.25) is 0 Å². The van der Waals surface area contributed by atoms with Gasteiger partial charge < -0.3 is 19.7 Å². The number of carbonyl (C=O) groups excluding carboxylic acids is 1. The van der Waals surface area contributed by atoms with Gasteiger partial charge in [-0.3, -0.25) is 9.69 Å². The number of hydrogen-bond acceptors (Lipinski definition) is 5. The first-order valence-corrected chi connectivity index (χ1v) is 9.97. The van der Waals surface area contributed by atoms with Crippen molar-refractivity contribution in [3.8, 4) is 5.75 Å². The van der Waals surface area contributed by atoms with E-state index in [0.29, 0.717) is 25.4 Å². The van der Waals surface area contributed by atoms with E-state index in [2.05, 4.69) is 14.9 Å². The fraction of sp³-hybridized carbons (Fsp3) is 0.524. The van der Waals surface area contributed by atoms with E-state index in [1.165, 1.54) is 6.42 Å². The van der Waals surface area contributed by atoms with Crippen molar-refractivity contribution >= 4 is 5.91 Å². The van der Waals surface area contributed by atoms with E-state index in [1.54, 1.807) is 0 Å². The summed E-state index contributed by atoms with van der Waals surface area (Å²) in [5.41, 5.74) is 2.15. The van der Waals surface area contributed by atoms with E-state index in [9.17, 15) is 9.90 Å². The number of rotatable bonds is 9. The number of benzene rings is 1. The normalized spacial score (nSPS) is 14.5. The first kappa shape index (κ1) is 20.4. The molecule has 2 heterocycles. The van der Waals surface area contributed by atoms with Crippen LogP contribution in [0.3, 0.4) is 0 Å². The van der Waals surface area contributed by atoms with Crippen LogP contribution in [0, 0.1) is 6.92 Å². The van der Waals surface area contributed by atoms with Crippen LogP contribution in [-0.2, 0) is 17.9 Å². The summed E-state index contributed by atoms with van der Waals surface area (Å²) < 4.78 is 5.67. The first-order valence-electron chi connectivity index (χ1n) is 9.97. The van der Waals surface area contributed by atoms with Crippen molar-refractivity contribution in [3.05, 3.63) is 47.5 Å². The third-order valence-corrected chi connectivity index (χ3v) is 4.97. The number of nitrogens with zero attached hydrogens (tertiary/aromatic N) is 3. The van der Waals surface area contributed by atoms with E-state index in [-0.39, 0.29) is 19.1 Å². The van der Waals surface area contributed by atoms with Gasteiger partial charge in [0, 0.05) is 44.6 Å². The lowest BCUT2D eigenvalue weighted by Gasteiger charge is -2.26. The molecule has 7 nitrogen and oxygen atoms in total. The fourth-order valence-corrected chi connectivity index (χ4v) is 3.48. The van der Waals surface area contributed by atoms with Crippen LogP contribution in [0.5, 0.6) is 5.75 Å². The van der Waals surface area contributed by atoms with Crippen LogP contribution < -0.4 is 4.74 Å². The fourth-order valence-electron chi connectivity index (χ4n) is 3.48. The summed E-state index contributed by atoms with van der Waals surface area (Å²) in [6, 6.07) is 7.80. The minimum absolute atomic E-state index is 0.0627. The molecule has 0 saturated carbocycles. The third-order valence-electron chi connectivity index (χ3n) is 4.97. The first-order chi connectivity index (χ1) is 13.6. The quantitative estimate of drug-likeness (QED) is 0.690. The van der Waals surface area contributed by atoms with Gasteiger partial charge >= 0.3 is 0 Å². The van der Waals surface area contributed by atoms with Crippen LogP contribution >= 0.6 is 0 Å². The van der Waals surface area contributed by atoms with Crippen molar-refractivity contribution < 1.29 is 14.6 Å². The van der Waals surface area contributed by atoms with Gasteiger partial charge in [0.2, 0.25) is 0 Å². The zero-order chi connectivity index (χ0) is 19.8. The Balaban J connectivity index is 1.50. The number of aliphatic hydroxyl groups excluding tert-OH is 1. The molecule has 0 unspecified atom stereocenters. The number of aryl methyl sites for hydroxylation is 1. The van der Waals surface area contributed by atoms with Crippen LogP contribution in [0.1, 0.15) is 36.3 Å². The largest absolute Gasteiger partial charge is 0.484 e. The molecule has 0 radical (unpaired) electrons. The average Bonchev–Trinajstić information content (AvgIpc) is 3.12. The van der Waals surface area contributed by atoms with E-state index in [4.69, 9.17) is 4.74 Å². The number of imidazole rings is 1. The summed E-state index contributed by atoms with van der Waals surface area (Å²) in [6.07, 6.45) is 5.21. The van der Waals surface area contributed by atoms with Gasteiger partial charge in [0.25, 0.3) is 5.91 Å². The van der Waals surface area contributed by atoms with E-state index in [1.807, 2.05) is 42.3 Å². The molecule has 1 aromatic heterocycles. The molecule has 1 aliphatic heterocycles. The molecule has 1 saturated heterocycles. The SMILES string of the molecule is Cc1ncc(CN(CCO)Cc2ccc(OCC(=O)N3CCCCC3)cc2)[nH]1. The minimum Gasteiger partial charge on any atom is -0.484 e. The Morgan fingerprint density at radius 3 is 2.61 bits per heavy atom. The highest BCUT2D eigenvalue weighted by Gasteiger charge is 2.16. The van der Waals surface area contributed by atoms with Gasteiger partial charge in [-0.05, 0) is 43.9 Å². The molecular formula is C21H30N4O3. The molecule has 2 N–H and O–H groups in total. The number of ether oxygens (including phenoxy) is 1. The highest BCUT2D eigenvalue weighted by atomic mass is 16.5.